The molecule has 0 aromatic carbocycles. The van der Waals surface area contributed by atoms with Crippen LogP contribution in [0.3, 0.4) is 0 Å². The highest BCUT2D eigenvalue weighted by molar-refractivity contribution is 5.29. The van der Waals surface area contributed by atoms with Gasteiger partial charge in [0.15, 0.2) is 0 Å². The van der Waals surface area contributed by atoms with Crippen LogP contribution in [0.4, 0.5) is 5.95 Å². The highest BCUT2D eigenvalue weighted by Gasteiger charge is 2.08. The van der Waals surface area contributed by atoms with E-state index in [1.54, 1.807) is 0 Å². The van der Waals surface area contributed by atoms with E-state index >= 15 is 0 Å². The number of hydrogen-bond donors (Lipinski definition) is 2. The summed E-state index contributed by atoms with van der Waals surface area (Å²) in [4.78, 5) is 8.74. The minimum absolute atomic E-state index is 0.244. The molecule has 0 amide bonds. The maximum absolute atomic E-state index is 4.37. The number of rotatable bonds is 4. The molecule has 0 radical (unpaired) electrons. The van der Waals surface area contributed by atoms with Gasteiger partial charge in [-0.15, -0.1) is 0 Å². The molecule has 0 bridgehead atoms. The molecule has 96 valence electrons. The molecule has 0 spiro atoms. The molecule has 0 aliphatic rings. The average Bonchev–Trinajstić information content (AvgIpc) is 2.61. The molecule has 1 atom stereocenters. The van der Waals surface area contributed by atoms with E-state index in [-0.39, 0.29) is 6.04 Å². The molecule has 2 aromatic rings. The molecule has 0 saturated carbocycles. The Bertz CT molecular complexity index is 512. The van der Waals surface area contributed by atoms with Crippen molar-refractivity contribution in [2.45, 2.75) is 40.2 Å². The van der Waals surface area contributed by atoms with E-state index in [0.29, 0.717) is 5.95 Å². The van der Waals surface area contributed by atoms with Crippen LogP contribution >= 0.6 is 0 Å². The zero-order chi connectivity index (χ0) is 13.1. The highest BCUT2D eigenvalue weighted by Crippen LogP contribution is 2.08. The van der Waals surface area contributed by atoms with Crippen molar-refractivity contribution in [3.63, 3.8) is 0 Å². The van der Waals surface area contributed by atoms with Crippen LogP contribution in [-0.2, 0) is 6.42 Å². The number of hydrogen-bond acceptors (Lipinski definition) is 4. The molecule has 18 heavy (non-hydrogen) atoms. The quantitative estimate of drug-likeness (QED) is 0.866. The molecule has 2 rings (SSSR count). The first-order chi connectivity index (χ1) is 8.52. The predicted molar refractivity (Wildman–Crippen MR) is 71.6 cm³/mol. The lowest BCUT2D eigenvalue weighted by atomic mass is 10.2. The predicted octanol–water partition coefficient (Wildman–Crippen LogP) is 2.17. The Morgan fingerprint density at radius 2 is 1.83 bits per heavy atom. The summed E-state index contributed by atoms with van der Waals surface area (Å²) in [5.41, 5.74) is 4.09. The molecule has 0 saturated heterocycles. The van der Waals surface area contributed by atoms with E-state index in [0.717, 1.165) is 29.2 Å². The number of aromatic nitrogens is 4. The number of H-pyrrole nitrogens is 1. The minimum atomic E-state index is 0.244. The molecule has 0 fully saturated rings. The Morgan fingerprint density at radius 1 is 1.17 bits per heavy atom. The SMILES string of the molecule is Cc1cc(C)nc(N[C@H](C)Cc2cc(C)[nH]n2)n1. The summed E-state index contributed by atoms with van der Waals surface area (Å²) < 4.78 is 0. The van der Waals surface area contributed by atoms with Crippen LogP contribution in [0.15, 0.2) is 12.1 Å². The van der Waals surface area contributed by atoms with Gasteiger partial charge in [-0.25, -0.2) is 9.97 Å². The van der Waals surface area contributed by atoms with Gasteiger partial charge in [0, 0.05) is 29.5 Å². The summed E-state index contributed by atoms with van der Waals surface area (Å²) in [6.45, 7) is 8.05. The largest absolute Gasteiger partial charge is 0.351 e. The van der Waals surface area contributed by atoms with Crippen LogP contribution in [0.2, 0.25) is 0 Å². The molecule has 2 heterocycles. The van der Waals surface area contributed by atoms with Gasteiger partial charge in [0.1, 0.15) is 0 Å². The van der Waals surface area contributed by atoms with Gasteiger partial charge in [-0.2, -0.15) is 5.10 Å². The van der Waals surface area contributed by atoms with Gasteiger partial charge >= 0.3 is 0 Å². The van der Waals surface area contributed by atoms with E-state index in [2.05, 4.69) is 38.5 Å². The van der Waals surface area contributed by atoms with Gasteiger partial charge in [0.2, 0.25) is 5.95 Å². The first kappa shape index (κ1) is 12.5. The van der Waals surface area contributed by atoms with Crippen molar-refractivity contribution >= 4 is 5.95 Å². The van der Waals surface area contributed by atoms with Gasteiger partial charge in [-0.3, -0.25) is 5.10 Å². The Balaban J connectivity index is 2.00. The molecule has 2 aromatic heterocycles. The van der Waals surface area contributed by atoms with Crippen molar-refractivity contribution in [3.8, 4) is 0 Å². The lowest BCUT2D eigenvalue weighted by molar-refractivity contribution is 0.752. The van der Waals surface area contributed by atoms with Gasteiger partial charge in [-0.05, 0) is 39.8 Å². The number of nitrogens with zero attached hydrogens (tertiary/aromatic N) is 3. The topological polar surface area (TPSA) is 66.5 Å². The summed E-state index contributed by atoms with van der Waals surface area (Å²) in [6.07, 6.45) is 0.848. The third kappa shape index (κ3) is 3.29. The average molecular weight is 245 g/mol. The van der Waals surface area contributed by atoms with Crippen LogP contribution in [0.5, 0.6) is 0 Å². The first-order valence-corrected chi connectivity index (χ1v) is 6.12. The van der Waals surface area contributed by atoms with Crippen molar-refractivity contribution < 1.29 is 0 Å². The fourth-order valence-electron chi connectivity index (χ4n) is 1.95. The van der Waals surface area contributed by atoms with Crippen molar-refractivity contribution in [3.05, 3.63) is 34.9 Å². The van der Waals surface area contributed by atoms with Crippen LogP contribution in [0.25, 0.3) is 0 Å². The van der Waals surface area contributed by atoms with Gasteiger partial charge < -0.3 is 5.32 Å². The molecule has 0 aliphatic carbocycles. The van der Waals surface area contributed by atoms with Gasteiger partial charge in [-0.1, -0.05) is 0 Å². The lowest BCUT2D eigenvalue weighted by Gasteiger charge is -2.13. The molecule has 2 N–H and O–H groups in total. The second-order valence-corrected chi connectivity index (χ2v) is 4.77. The Kier molecular flexibility index (Phi) is 3.60. The molecule has 0 unspecified atom stereocenters. The minimum Gasteiger partial charge on any atom is -0.351 e. The summed E-state index contributed by atoms with van der Waals surface area (Å²) in [6, 6.07) is 4.27. The molecule has 0 aliphatic heterocycles. The second kappa shape index (κ2) is 5.16. The van der Waals surface area contributed by atoms with Crippen LogP contribution < -0.4 is 5.32 Å². The zero-order valence-corrected chi connectivity index (χ0v) is 11.3. The summed E-state index contributed by atoms with van der Waals surface area (Å²) in [7, 11) is 0. The van der Waals surface area contributed by atoms with E-state index in [1.165, 1.54) is 0 Å². The smallest absolute Gasteiger partial charge is 0.223 e. The number of nitrogens with one attached hydrogen (secondary N) is 2. The van der Waals surface area contributed by atoms with Crippen LogP contribution in [-0.4, -0.2) is 26.2 Å². The summed E-state index contributed by atoms with van der Waals surface area (Å²) >= 11 is 0. The third-order valence-corrected chi connectivity index (χ3v) is 2.63. The van der Waals surface area contributed by atoms with Crippen LogP contribution in [0.1, 0.15) is 29.7 Å². The normalized spacial score (nSPS) is 12.4. The fraction of sp³-hybridized carbons (Fsp3) is 0.462. The second-order valence-electron chi connectivity index (χ2n) is 4.77. The van der Waals surface area contributed by atoms with E-state index in [1.807, 2.05) is 26.8 Å². The molecular weight excluding hydrogens is 226 g/mol. The molecular formula is C13H19N5. The molecule has 5 heteroatoms. The monoisotopic (exact) mass is 245 g/mol. The van der Waals surface area contributed by atoms with E-state index in [4.69, 9.17) is 0 Å². The fourth-order valence-corrected chi connectivity index (χ4v) is 1.95. The van der Waals surface area contributed by atoms with Gasteiger partial charge in [0.25, 0.3) is 0 Å². The number of aromatic amines is 1. The first-order valence-electron chi connectivity index (χ1n) is 6.12. The summed E-state index contributed by atoms with van der Waals surface area (Å²) in [5.74, 6) is 0.687. The Morgan fingerprint density at radius 3 is 2.39 bits per heavy atom. The lowest BCUT2D eigenvalue weighted by Crippen LogP contribution is -2.20. The third-order valence-electron chi connectivity index (χ3n) is 2.63. The maximum atomic E-state index is 4.37. The zero-order valence-electron chi connectivity index (χ0n) is 11.3. The van der Waals surface area contributed by atoms with Gasteiger partial charge in [0.05, 0.1) is 5.69 Å². The standard InChI is InChI=1S/C13H19N5/c1-8-5-9(2)15-13(14-8)16-10(3)6-12-7-11(4)17-18-12/h5,7,10H,6H2,1-4H3,(H,17,18)(H,14,15,16)/t10-/m1/s1. The number of aryl methyl sites for hydroxylation is 3. The van der Waals surface area contributed by atoms with Crippen molar-refractivity contribution in [1.29, 1.82) is 0 Å². The maximum Gasteiger partial charge on any atom is 0.223 e. The van der Waals surface area contributed by atoms with Crippen molar-refractivity contribution in [2.24, 2.45) is 0 Å². The Labute approximate surface area is 107 Å². The van der Waals surface area contributed by atoms with Crippen LogP contribution in [0, 0.1) is 20.8 Å². The van der Waals surface area contributed by atoms with E-state index < -0.39 is 0 Å². The molecule has 5 nitrogen and oxygen atoms in total. The van der Waals surface area contributed by atoms with E-state index in [9.17, 15) is 0 Å². The highest BCUT2D eigenvalue weighted by atomic mass is 15.1. The summed E-state index contributed by atoms with van der Waals surface area (Å²) in [5, 5.41) is 10.5. The number of anilines is 1. The van der Waals surface area contributed by atoms with Crippen molar-refractivity contribution in [1.82, 2.24) is 20.2 Å². The van der Waals surface area contributed by atoms with Crippen molar-refractivity contribution in [2.75, 3.05) is 5.32 Å². The Hall–Kier alpha value is -1.91.